The summed E-state index contributed by atoms with van der Waals surface area (Å²) in [5.74, 6) is 0.826. The zero-order chi connectivity index (χ0) is 16.9. The number of likely N-dealkylation sites (N-methyl/N-ethyl adjacent to an activating group) is 1. The molecule has 1 unspecified atom stereocenters. The van der Waals surface area contributed by atoms with Gasteiger partial charge in [-0.25, -0.2) is 0 Å². The van der Waals surface area contributed by atoms with Crippen LogP contribution >= 0.6 is 0 Å². The molecule has 0 aliphatic carbocycles. The summed E-state index contributed by atoms with van der Waals surface area (Å²) >= 11 is 0. The van der Waals surface area contributed by atoms with E-state index in [-0.39, 0.29) is 0 Å². The SMILES string of the molecule is CCN(CC)C(CNC(=NC)NCCOC)Cc1ccccc1. The lowest BCUT2D eigenvalue weighted by molar-refractivity contribution is 0.203. The van der Waals surface area contributed by atoms with Crippen molar-refractivity contribution in [2.45, 2.75) is 26.3 Å². The van der Waals surface area contributed by atoms with Crippen molar-refractivity contribution < 1.29 is 4.74 Å². The third-order valence-corrected chi connectivity index (χ3v) is 3.97. The first-order chi connectivity index (χ1) is 11.2. The highest BCUT2D eigenvalue weighted by Crippen LogP contribution is 2.08. The van der Waals surface area contributed by atoms with Gasteiger partial charge in [-0.1, -0.05) is 44.2 Å². The molecular weight excluding hydrogens is 288 g/mol. The molecular formula is C18H32N4O. The van der Waals surface area contributed by atoms with Crippen LogP contribution < -0.4 is 10.6 Å². The van der Waals surface area contributed by atoms with Crippen molar-refractivity contribution in [1.29, 1.82) is 0 Å². The molecule has 0 aliphatic heterocycles. The number of guanidine groups is 1. The molecule has 0 saturated carbocycles. The minimum atomic E-state index is 0.438. The van der Waals surface area contributed by atoms with Gasteiger partial charge in [-0.05, 0) is 25.1 Å². The maximum absolute atomic E-state index is 5.06. The number of nitrogens with zero attached hydrogens (tertiary/aromatic N) is 2. The zero-order valence-corrected chi connectivity index (χ0v) is 15.0. The highest BCUT2D eigenvalue weighted by Gasteiger charge is 2.16. The second-order valence-corrected chi connectivity index (χ2v) is 5.44. The summed E-state index contributed by atoms with van der Waals surface area (Å²) in [6, 6.07) is 11.1. The van der Waals surface area contributed by atoms with Gasteiger partial charge in [0.25, 0.3) is 0 Å². The van der Waals surface area contributed by atoms with Gasteiger partial charge in [0.2, 0.25) is 0 Å². The normalized spacial score (nSPS) is 13.2. The summed E-state index contributed by atoms with van der Waals surface area (Å²) in [5.41, 5.74) is 1.37. The molecule has 1 aromatic carbocycles. The van der Waals surface area contributed by atoms with Crippen LogP contribution in [-0.2, 0) is 11.2 Å². The Hall–Kier alpha value is -1.59. The summed E-state index contributed by atoms with van der Waals surface area (Å²) in [4.78, 5) is 6.76. The molecule has 0 aliphatic rings. The number of hydrogen-bond acceptors (Lipinski definition) is 3. The Balaban J connectivity index is 2.61. The predicted octanol–water partition coefficient (Wildman–Crippen LogP) is 1.75. The smallest absolute Gasteiger partial charge is 0.191 e. The second-order valence-electron chi connectivity index (χ2n) is 5.44. The summed E-state index contributed by atoms with van der Waals surface area (Å²) in [6.07, 6.45) is 1.03. The van der Waals surface area contributed by atoms with Crippen molar-refractivity contribution in [1.82, 2.24) is 15.5 Å². The van der Waals surface area contributed by atoms with Crippen molar-refractivity contribution >= 4 is 5.96 Å². The Bertz CT molecular complexity index is 432. The molecule has 1 aromatic rings. The van der Waals surface area contributed by atoms with Crippen LogP contribution in [0.3, 0.4) is 0 Å². The highest BCUT2D eigenvalue weighted by molar-refractivity contribution is 5.79. The maximum Gasteiger partial charge on any atom is 0.191 e. The van der Waals surface area contributed by atoms with E-state index in [0.29, 0.717) is 12.6 Å². The van der Waals surface area contributed by atoms with E-state index in [0.717, 1.165) is 38.6 Å². The molecule has 130 valence electrons. The average molecular weight is 320 g/mol. The van der Waals surface area contributed by atoms with Crippen LogP contribution in [-0.4, -0.2) is 63.8 Å². The molecule has 0 saturated heterocycles. The number of benzene rings is 1. The fourth-order valence-corrected chi connectivity index (χ4v) is 2.66. The first kappa shape index (κ1) is 19.5. The Kier molecular flexibility index (Phi) is 10.1. The second kappa shape index (κ2) is 11.9. The molecule has 5 heteroatoms. The summed E-state index contributed by atoms with van der Waals surface area (Å²) < 4.78 is 5.06. The van der Waals surface area contributed by atoms with Gasteiger partial charge in [0.15, 0.2) is 5.96 Å². The van der Waals surface area contributed by atoms with E-state index in [9.17, 15) is 0 Å². The van der Waals surface area contributed by atoms with Gasteiger partial charge in [-0.3, -0.25) is 9.89 Å². The van der Waals surface area contributed by atoms with Gasteiger partial charge in [0.05, 0.1) is 6.61 Å². The zero-order valence-electron chi connectivity index (χ0n) is 15.0. The number of methoxy groups -OCH3 is 1. The van der Waals surface area contributed by atoms with Gasteiger partial charge in [-0.15, -0.1) is 0 Å². The summed E-state index contributed by atoms with van der Waals surface area (Å²) in [7, 11) is 3.50. The quantitative estimate of drug-likeness (QED) is 0.392. The van der Waals surface area contributed by atoms with Crippen LogP contribution in [0.5, 0.6) is 0 Å². The molecule has 1 atom stereocenters. The largest absolute Gasteiger partial charge is 0.383 e. The Morgan fingerprint density at radius 3 is 2.43 bits per heavy atom. The minimum Gasteiger partial charge on any atom is -0.383 e. The number of rotatable bonds is 10. The topological polar surface area (TPSA) is 48.9 Å². The van der Waals surface area contributed by atoms with E-state index in [1.165, 1.54) is 5.56 Å². The first-order valence-electron chi connectivity index (χ1n) is 8.46. The monoisotopic (exact) mass is 320 g/mol. The molecule has 0 heterocycles. The first-order valence-corrected chi connectivity index (χ1v) is 8.46. The van der Waals surface area contributed by atoms with E-state index >= 15 is 0 Å². The van der Waals surface area contributed by atoms with Gasteiger partial charge in [0, 0.05) is 33.3 Å². The molecule has 2 N–H and O–H groups in total. The van der Waals surface area contributed by atoms with Gasteiger partial charge < -0.3 is 15.4 Å². The van der Waals surface area contributed by atoms with Crippen molar-refractivity contribution in [2.75, 3.05) is 46.9 Å². The number of nitrogens with one attached hydrogen (secondary N) is 2. The molecule has 1 rings (SSSR count). The third kappa shape index (κ3) is 7.48. The van der Waals surface area contributed by atoms with Crippen molar-refractivity contribution in [3.63, 3.8) is 0 Å². The maximum atomic E-state index is 5.06. The molecule has 5 nitrogen and oxygen atoms in total. The molecule has 23 heavy (non-hydrogen) atoms. The summed E-state index contributed by atoms with van der Waals surface area (Å²) in [5, 5.41) is 6.70. The van der Waals surface area contributed by atoms with Crippen LogP contribution in [0.15, 0.2) is 35.3 Å². The Labute approximate surface area is 141 Å². The van der Waals surface area contributed by atoms with Crippen molar-refractivity contribution in [2.24, 2.45) is 4.99 Å². The fourth-order valence-electron chi connectivity index (χ4n) is 2.66. The number of ether oxygens (including phenoxy) is 1. The number of aliphatic imine (C=N–C) groups is 1. The van der Waals surface area contributed by atoms with Crippen LogP contribution in [0, 0.1) is 0 Å². The average Bonchev–Trinajstić information content (AvgIpc) is 2.59. The number of hydrogen-bond donors (Lipinski definition) is 2. The Morgan fingerprint density at radius 2 is 1.87 bits per heavy atom. The van der Waals surface area contributed by atoms with Crippen LogP contribution in [0.2, 0.25) is 0 Å². The van der Waals surface area contributed by atoms with Crippen LogP contribution in [0.1, 0.15) is 19.4 Å². The van der Waals surface area contributed by atoms with Crippen molar-refractivity contribution in [3.05, 3.63) is 35.9 Å². The lowest BCUT2D eigenvalue weighted by atomic mass is 10.0. The lowest BCUT2D eigenvalue weighted by Gasteiger charge is -2.30. The van der Waals surface area contributed by atoms with E-state index < -0.39 is 0 Å². The van der Waals surface area contributed by atoms with E-state index in [1.54, 1.807) is 14.2 Å². The van der Waals surface area contributed by atoms with Gasteiger partial charge >= 0.3 is 0 Å². The van der Waals surface area contributed by atoms with Crippen molar-refractivity contribution in [3.8, 4) is 0 Å². The fraction of sp³-hybridized carbons (Fsp3) is 0.611. The van der Waals surface area contributed by atoms with E-state index in [4.69, 9.17) is 4.74 Å². The standard InChI is InChI=1S/C18H32N4O/c1-5-22(6-2)17(14-16-10-8-7-9-11-16)15-21-18(19-3)20-12-13-23-4/h7-11,17H,5-6,12-15H2,1-4H3,(H2,19,20,21). The van der Waals surface area contributed by atoms with E-state index in [1.807, 2.05) is 0 Å². The predicted molar refractivity (Wildman–Crippen MR) is 98.1 cm³/mol. The third-order valence-electron chi connectivity index (χ3n) is 3.97. The minimum absolute atomic E-state index is 0.438. The molecule has 0 bridgehead atoms. The summed E-state index contributed by atoms with van der Waals surface area (Å²) in [6.45, 7) is 8.81. The molecule has 0 fully saturated rings. The molecule has 0 amide bonds. The Morgan fingerprint density at radius 1 is 1.17 bits per heavy atom. The van der Waals surface area contributed by atoms with E-state index in [2.05, 4.69) is 64.7 Å². The lowest BCUT2D eigenvalue weighted by Crippen LogP contribution is -2.48. The van der Waals surface area contributed by atoms with Crippen LogP contribution in [0.4, 0.5) is 0 Å². The van der Waals surface area contributed by atoms with Gasteiger partial charge in [0.1, 0.15) is 0 Å². The molecule has 0 spiro atoms. The molecule has 0 radical (unpaired) electrons. The van der Waals surface area contributed by atoms with Crippen LogP contribution in [0.25, 0.3) is 0 Å². The highest BCUT2D eigenvalue weighted by atomic mass is 16.5. The molecule has 0 aromatic heterocycles. The van der Waals surface area contributed by atoms with Gasteiger partial charge in [-0.2, -0.15) is 0 Å².